The van der Waals surface area contributed by atoms with Gasteiger partial charge in [-0.15, -0.1) is 0 Å². The van der Waals surface area contributed by atoms with Crippen molar-refractivity contribution < 1.29 is 0 Å². The molecule has 0 atom stereocenters. The molecule has 0 fully saturated rings. The van der Waals surface area contributed by atoms with Crippen molar-refractivity contribution in [2.75, 3.05) is 23.3 Å². The lowest BCUT2D eigenvalue weighted by Gasteiger charge is -2.30. The molecule has 2 aromatic rings. The van der Waals surface area contributed by atoms with E-state index in [1.807, 2.05) is 31.5 Å². The summed E-state index contributed by atoms with van der Waals surface area (Å²) in [6.45, 7) is 3.80. The summed E-state index contributed by atoms with van der Waals surface area (Å²) in [4.78, 5) is 10.9. The Kier molecular flexibility index (Phi) is 2.40. The van der Waals surface area contributed by atoms with Crippen molar-refractivity contribution in [2.24, 2.45) is 0 Å². The van der Waals surface area contributed by atoms with Crippen molar-refractivity contribution in [3.05, 3.63) is 42.2 Å². The fourth-order valence-corrected chi connectivity index (χ4v) is 2.01. The largest absolute Gasteiger partial charge is 0.382 e. The summed E-state index contributed by atoms with van der Waals surface area (Å²) in [5, 5.41) is 3.38. The predicted molar refractivity (Wildman–Crippen MR) is 68.7 cm³/mol. The third-order valence-corrected chi connectivity index (χ3v) is 2.85. The van der Waals surface area contributed by atoms with Crippen molar-refractivity contribution in [3.63, 3.8) is 0 Å². The molecule has 1 aliphatic heterocycles. The van der Waals surface area contributed by atoms with Crippen LogP contribution in [-0.4, -0.2) is 23.1 Å². The maximum atomic E-state index is 4.39. The van der Waals surface area contributed by atoms with Gasteiger partial charge in [0.1, 0.15) is 0 Å². The van der Waals surface area contributed by atoms with Gasteiger partial charge in [-0.25, -0.2) is 9.97 Å². The van der Waals surface area contributed by atoms with Crippen molar-refractivity contribution in [3.8, 4) is 0 Å². The molecular weight excluding hydrogens is 212 g/mol. The maximum Gasteiger partial charge on any atom is 0.229 e. The topological polar surface area (TPSA) is 41.1 Å². The Morgan fingerprint density at radius 2 is 1.94 bits per heavy atom. The van der Waals surface area contributed by atoms with Crippen LogP contribution in [0.5, 0.6) is 0 Å². The van der Waals surface area contributed by atoms with Crippen molar-refractivity contribution in [1.82, 2.24) is 9.97 Å². The van der Waals surface area contributed by atoms with Crippen LogP contribution in [0.3, 0.4) is 0 Å². The molecule has 3 rings (SSSR count). The summed E-state index contributed by atoms with van der Waals surface area (Å²) in [6.07, 6.45) is 3.71. The van der Waals surface area contributed by atoms with E-state index in [1.165, 1.54) is 0 Å². The minimum absolute atomic E-state index is 0.768. The average Bonchev–Trinajstić information content (AvgIpc) is 2.39. The average molecular weight is 226 g/mol. The lowest BCUT2D eigenvalue weighted by atomic mass is 10.2. The van der Waals surface area contributed by atoms with E-state index in [-0.39, 0.29) is 0 Å². The summed E-state index contributed by atoms with van der Waals surface area (Å²) in [5.41, 5.74) is 3.36. The van der Waals surface area contributed by atoms with Crippen LogP contribution in [0.1, 0.15) is 5.56 Å². The third-order valence-electron chi connectivity index (χ3n) is 2.85. The molecule has 0 amide bonds. The van der Waals surface area contributed by atoms with Gasteiger partial charge in [-0.1, -0.05) is 12.1 Å². The van der Waals surface area contributed by atoms with Gasteiger partial charge in [-0.2, -0.15) is 0 Å². The second-order valence-corrected chi connectivity index (χ2v) is 4.16. The highest BCUT2D eigenvalue weighted by atomic mass is 15.3. The van der Waals surface area contributed by atoms with Crippen LogP contribution in [0.4, 0.5) is 17.3 Å². The number of hydrogen-bond donors (Lipinski definition) is 1. The number of para-hydroxylation sites is 2. The van der Waals surface area contributed by atoms with Crippen LogP contribution in [0.15, 0.2) is 36.7 Å². The standard InChI is InChI=1S/C13H14N4/c1-10-8-15-13(16-9-10)17-7-6-14-11-4-2-3-5-12(11)17/h2-5,8-9,14H,6-7H2,1H3. The van der Waals surface area contributed by atoms with E-state index in [0.717, 1.165) is 36.0 Å². The number of aryl methyl sites for hydroxylation is 1. The normalized spacial score (nSPS) is 14.1. The van der Waals surface area contributed by atoms with Gasteiger partial charge in [0.05, 0.1) is 11.4 Å². The highest BCUT2D eigenvalue weighted by Gasteiger charge is 2.18. The molecular formula is C13H14N4. The Labute approximate surface area is 100 Å². The zero-order valence-electron chi connectivity index (χ0n) is 9.72. The van der Waals surface area contributed by atoms with Gasteiger partial charge in [-0.3, -0.25) is 0 Å². The van der Waals surface area contributed by atoms with E-state index in [9.17, 15) is 0 Å². The number of anilines is 3. The summed E-state index contributed by atoms with van der Waals surface area (Å²) >= 11 is 0. The SMILES string of the molecule is Cc1cnc(N2CCNc3ccccc32)nc1. The summed E-state index contributed by atoms with van der Waals surface area (Å²) in [6, 6.07) is 8.23. The van der Waals surface area contributed by atoms with Crippen LogP contribution in [0.2, 0.25) is 0 Å². The number of fused-ring (bicyclic) bond motifs is 1. The lowest BCUT2D eigenvalue weighted by molar-refractivity contribution is 0.880. The Bertz CT molecular complexity index is 521. The Morgan fingerprint density at radius 3 is 2.76 bits per heavy atom. The van der Waals surface area contributed by atoms with Crippen LogP contribution < -0.4 is 10.2 Å². The van der Waals surface area contributed by atoms with Gasteiger partial charge < -0.3 is 10.2 Å². The molecule has 0 saturated heterocycles. The Balaban J connectivity index is 2.03. The van der Waals surface area contributed by atoms with Gasteiger partial charge in [0.2, 0.25) is 5.95 Å². The van der Waals surface area contributed by atoms with Crippen LogP contribution in [0, 0.1) is 6.92 Å². The molecule has 0 saturated carbocycles. The van der Waals surface area contributed by atoms with E-state index in [0.29, 0.717) is 0 Å². The molecule has 0 radical (unpaired) electrons. The van der Waals surface area contributed by atoms with Crippen LogP contribution >= 0.6 is 0 Å². The third kappa shape index (κ3) is 1.82. The molecule has 4 nitrogen and oxygen atoms in total. The van der Waals surface area contributed by atoms with Crippen LogP contribution in [-0.2, 0) is 0 Å². The zero-order valence-corrected chi connectivity index (χ0v) is 9.72. The molecule has 17 heavy (non-hydrogen) atoms. The van der Waals surface area contributed by atoms with Gasteiger partial charge in [0, 0.05) is 25.5 Å². The van der Waals surface area contributed by atoms with Crippen LogP contribution in [0.25, 0.3) is 0 Å². The molecule has 86 valence electrons. The number of nitrogens with zero attached hydrogens (tertiary/aromatic N) is 3. The van der Waals surface area contributed by atoms with E-state index < -0.39 is 0 Å². The molecule has 2 heterocycles. The number of rotatable bonds is 1. The van der Waals surface area contributed by atoms with Crippen molar-refractivity contribution in [2.45, 2.75) is 6.92 Å². The molecule has 1 aliphatic rings. The summed E-state index contributed by atoms with van der Waals surface area (Å²) < 4.78 is 0. The number of nitrogens with one attached hydrogen (secondary N) is 1. The monoisotopic (exact) mass is 226 g/mol. The van der Waals surface area contributed by atoms with E-state index in [4.69, 9.17) is 0 Å². The molecule has 0 bridgehead atoms. The molecule has 1 aromatic heterocycles. The summed E-state index contributed by atoms with van der Waals surface area (Å²) in [7, 11) is 0. The predicted octanol–water partition coefficient (Wildman–Crippen LogP) is 2.35. The van der Waals surface area contributed by atoms with Gasteiger partial charge in [0.25, 0.3) is 0 Å². The Hall–Kier alpha value is -2.10. The van der Waals surface area contributed by atoms with E-state index in [1.54, 1.807) is 0 Å². The van der Waals surface area contributed by atoms with Crippen molar-refractivity contribution >= 4 is 17.3 Å². The molecule has 1 N–H and O–H groups in total. The van der Waals surface area contributed by atoms with Gasteiger partial charge in [-0.05, 0) is 24.6 Å². The minimum Gasteiger partial charge on any atom is -0.382 e. The summed E-state index contributed by atoms with van der Waals surface area (Å²) in [5.74, 6) is 0.768. The molecule has 0 spiro atoms. The van der Waals surface area contributed by atoms with Gasteiger partial charge >= 0.3 is 0 Å². The zero-order chi connectivity index (χ0) is 11.7. The first kappa shape index (κ1) is 10.1. The number of aromatic nitrogens is 2. The number of benzene rings is 1. The second-order valence-electron chi connectivity index (χ2n) is 4.16. The van der Waals surface area contributed by atoms with Crippen molar-refractivity contribution in [1.29, 1.82) is 0 Å². The molecule has 0 unspecified atom stereocenters. The fourth-order valence-electron chi connectivity index (χ4n) is 2.01. The van der Waals surface area contributed by atoms with E-state index in [2.05, 4.69) is 32.3 Å². The van der Waals surface area contributed by atoms with E-state index >= 15 is 0 Å². The fraction of sp³-hybridized carbons (Fsp3) is 0.231. The molecule has 0 aliphatic carbocycles. The second kappa shape index (κ2) is 4.05. The molecule has 4 heteroatoms. The maximum absolute atomic E-state index is 4.39. The quantitative estimate of drug-likeness (QED) is 0.810. The first-order valence-electron chi connectivity index (χ1n) is 5.74. The first-order valence-corrected chi connectivity index (χ1v) is 5.74. The highest BCUT2D eigenvalue weighted by molar-refractivity contribution is 5.76. The Morgan fingerprint density at radius 1 is 1.18 bits per heavy atom. The number of hydrogen-bond acceptors (Lipinski definition) is 4. The molecule has 1 aromatic carbocycles. The first-order chi connectivity index (χ1) is 8.34. The minimum atomic E-state index is 0.768. The lowest BCUT2D eigenvalue weighted by Crippen LogP contribution is -2.31. The van der Waals surface area contributed by atoms with Gasteiger partial charge in [0.15, 0.2) is 0 Å². The smallest absolute Gasteiger partial charge is 0.229 e. The highest BCUT2D eigenvalue weighted by Crippen LogP contribution is 2.32.